The van der Waals surface area contributed by atoms with Crippen molar-refractivity contribution in [3.05, 3.63) is 0 Å². The first-order valence-corrected chi connectivity index (χ1v) is 5.10. The van der Waals surface area contributed by atoms with Gasteiger partial charge in [0, 0.05) is 13.1 Å². The number of hydrogen-bond donors (Lipinski definition) is 1. The molecule has 1 unspecified atom stereocenters. The van der Waals surface area contributed by atoms with E-state index < -0.39 is 5.97 Å². The first-order chi connectivity index (χ1) is 6.13. The Morgan fingerprint density at radius 2 is 1.92 bits per heavy atom. The number of carboxylic acids is 1. The molecule has 13 heavy (non-hydrogen) atoms. The molecule has 1 atom stereocenters. The van der Waals surface area contributed by atoms with Gasteiger partial charge in [-0.2, -0.15) is 0 Å². The number of likely N-dealkylation sites (tertiary alicyclic amines) is 1. The highest BCUT2D eigenvalue weighted by atomic mass is 16.4. The van der Waals surface area contributed by atoms with Crippen LogP contribution in [0.4, 0.5) is 0 Å². The van der Waals surface area contributed by atoms with Gasteiger partial charge in [0.1, 0.15) is 6.04 Å². The zero-order chi connectivity index (χ0) is 9.47. The van der Waals surface area contributed by atoms with Gasteiger partial charge in [-0.25, -0.2) is 0 Å². The molecule has 74 valence electrons. The van der Waals surface area contributed by atoms with Crippen molar-refractivity contribution in [1.82, 2.24) is 4.90 Å². The molecule has 2 fully saturated rings. The molecule has 0 amide bonds. The molecular formula is C10H17NO2. The molecule has 3 heteroatoms. The average Bonchev–Trinajstić information content (AvgIpc) is 2.47. The van der Waals surface area contributed by atoms with Crippen LogP contribution in [0.5, 0.6) is 0 Å². The van der Waals surface area contributed by atoms with Gasteiger partial charge in [-0.3, -0.25) is 9.69 Å². The maximum atomic E-state index is 10.7. The first-order valence-electron chi connectivity index (χ1n) is 5.10. The SMILES string of the molecule is CC(C(=O)O)N1CC2(CCCC2)C1. The summed E-state index contributed by atoms with van der Waals surface area (Å²) >= 11 is 0. The van der Waals surface area contributed by atoms with Crippen LogP contribution in [0, 0.1) is 5.41 Å². The summed E-state index contributed by atoms with van der Waals surface area (Å²) in [5, 5.41) is 8.81. The minimum atomic E-state index is -0.687. The largest absolute Gasteiger partial charge is 0.480 e. The Labute approximate surface area is 78.7 Å². The lowest BCUT2D eigenvalue weighted by molar-refractivity contribution is -0.148. The van der Waals surface area contributed by atoms with Crippen LogP contribution >= 0.6 is 0 Å². The molecule has 0 aromatic heterocycles. The molecule has 0 radical (unpaired) electrons. The van der Waals surface area contributed by atoms with Crippen LogP contribution in [0.15, 0.2) is 0 Å². The van der Waals surface area contributed by atoms with Crippen molar-refractivity contribution in [3.8, 4) is 0 Å². The Bertz CT molecular complexity index is 213. The molecule has 1 N–H and O–H groups in total. The van der Waals surface area contributed by atoms with Crippen LogP contribution in [0.25, 0.3) is 0 Å². The van der Waals surface area contributed by atoms with Gasteiger partial charge in [0.05, 0.1) is 0 Å². The number of hydrogen-bond acceptors (Lipinski definition) is 2. The molecule has 2 aliphatic rings. The van der Waals surface area contributed by atoms with E-state index in [4.69, 9.17) is 5.11 Å². The van der Waals surface area contributed by atoms with Gasteiger partial charge >= 0.3 is 5.97 Å². The minimum absolute atomic E-state index is 0.286. The Morgan fingerprint density at radius 1 is 1.38 bits per heavy atom. The highest BCUT2D eigenvalue weighted by molar-refractivity contribution is 5.73. The van der Waals surface area contributed by atoms with Gasteiger partial charge in [0.25, 0.3) is 0 Å². The first kappa shape index (κ1) is 9.00. The molecule has 1 heterocycles. The summed E-state index contributed by atoms with van der Waals surface area (Å²) in [6, 6.07) is -0.286. The van der Waals surface area contributed by atoms with Gasteiger partial charge in [0.2, 0.25) is 0 Å². The Morgan fingerprint density at radius 3 is 2.38 bits per heavy atom. The van der Waals surface area contributed by atoms with Crippen molar-refractivity contribution in [2.45, 2.75) is 38.6 Å². The molecule has 2 rings (SSSR count). The molecule has 0 aromatic rings. The summed E-state index contributed by atoms with van der Waals surface area (Å²) in [6.07, 6.45) is 5.32. The molecule has 1 aliphatic carbocycles. The maximum Gasteiger partial charge on any atom is 0.320 e. The average molecular weight is 183 g/mol. The number of carbonyl (C=O) groups is 1. The van der Waals surface area contributed by atoms with E-state index in [1.807, 2.05) is 0 Å². The zero-order valence-electron chi connectivity index (χ0n) is 8.12. The van der Waals surface area contributed by atoms with Crippen molar-refractivity contribution in [2.24, 2.45) is 5.41 Å². The maximum absolute atomic E-state index is 10.7. The lowest BCUT2D eigenvalue weighted by atomic mass is 9.77. The fraction of sp³-hybridized carbons (Fsp3) is 0.900. The van der Waals surface area contributed by atoms with E-state index in [0.29, 0.717) is 5.41 Å². The van der Waals surface area contributed by atoms with Crippen LogP contribution in [0.1, 0.15) is 32.6 Å². The number of rotatable bonds is 2. The second kappa shape index (κ2) is 2.98. The predicted octanol–water partition coefficient (Wildman–Crippen LogP) is 1.34. The van der Waals surface area contributed by atoms with Gasteiger partial charge in [-0.15, -0.1) is 0 Å². The summed E-state index contributed by atoms with van der Waals surface area (Å²) in [4.78, 5) is 12.8. The summed E-state index contributed by atoms with van der Waals surface area (Å²) in [7, 11) is 0. The highest BCUT2D eigenvalue weighted by Gasteiger charge is 2.47. The van der Waals surface area contributed by atoms with E-state index >= 15 is 0 Å². The molecule has 1 spiro atoms. The van der Waals surface area contributed by atoms with Crippen molar-refractivity contribution in [2.75, 3.05) is 13.1 Å². The molecular weight excluding hydrogens is 166 g/mol. The third kappa shape index (κ3) is 1.46. The standard InChI is InChI=1S/C10H17NO2/c1-8(9(12)13)11-6-10(7-11)4-2-3-5-10/h8H,2-7H2,1H3,(H,12,13). The third-order valence-electron chi connectivity index (χ3n) is 3.65. The van der Waals surface area contributed by atoms with E-state index in [2.05, 4.69) is 4.90 Å². The molecule has 1 aliphatic heterocycles. The van der Waals surface area contributed by atoms with Crippen LogP contribution in [0.2, 0.25) is 0 Å². The van der Waals surface area contributed by atoms with Crippen molar-refractivity contribution in [1.29, 1.82) is 0 Å². The normalized spacial score (nSPS) is 28.7. The van der Waals surface area contributed by atoms with Crippen molar-refractivity contribution >= 4 is 5.97 Å². The van der Waals surface area contributed by atoms with Crippen LogP contribution in [-0.2, 0) is 4.79 Å². The lowest BCUT2D eigenvalue weighted by Gasteiger charge is -2.50. The summed E-state index contributed by atoms with van der Waals surface area (Å²) in [5.41, 5.74) is 0.518. The fourth-order valence-electron chi connectivity index (χ4n) is 2.69. The van der Waals surface area contributed by atoms with E-state index in [1.165, 1.54) is 25.7 Å². The topological polar surface area (TPSA) is 40.5 Å². The predicted molar refractivity (Wildman–Crippen MR) is 49.6 cm³/mol. The molecule has 3 nitrogen and oxygen atoms in total. The van der Waals surface area contributed by atoms with E-state index in [9.17, 15) is 4.79 Å². The summed E-state index contributed by atoms with van der Waals surface area (Å²) in [5.74, 6) is -0.687. The summed E-state index contributed by atoms with van der Waals surface area (Å²) in [6.45, 7) is 3.81. The number of aliphatic carboxylic acids is 1. The molecule has 0 aromatic carbocycles. The Kier molecular flexibility index (Phi) is 2.06. The minimum Gasteiger partial charge on any atom is -0.480 e. The number of carboxylic acid groups (broad SMARTS) is 1. The Hall–Kier alpha value is -0.570. The van der Waals surface area contributed by atoms with E-state index in [-0.39, 0.29) is 6.04 Å². The van der Waals surface area contributed by atoms with Crippen LogP contribution in [-0.4, -0.2) is 35.1 Å². The van der Waals surface area contributed by atoms with Gasteiger partial charge in [0.15, 0.2) is 0 Å². The Balaban J connectivity index is 1.86. The van der Waals surface area contributed by atoms with Gasteiger partial charge < -0.3 is 5.11 Å². The summed E-state index contributed by atoms with van der Waals surface area (Å²) < 4.78 is 0. The highest BCUT2D eigenvalue weighted by Crippen LogP contribution is 2.45. The van der Waals surface area contributed by atoms with E-state index in [1.54, 1.807) is 6.92 Å². The quantitative estimate of drug-likeness (QED) is 0.702. The molecule has 0 bridgehead atoms. The van der Waals surface area contributed by atoms with E-state index in [0.717, 1.165) is 13.1 Å². The van der Waals surface area contributed by atoms with Gasteiger partial charge in [-0.05, 0) is 25.2 Å². The fourth-order valence-corrected chi connectivity index (χ4v) is 2.69. The zero-order valence-corrected chi connectivity index (χ0v) is 8.12. The van der Waals surface area contributed by atoms with Crippen molar-refractivity contribution < 1.29 is 9.90 Å². The van der Waals surface area contributed by atoms with Crippen LogP contribution in [0.3, 0.4) is 0 Å². The number of nitrogens with zero attached hydrogens (tertiary/aromatic N) is 1. The third-order valence-corrected chi connectivity index (χ3v) is 3.65. The second-order valence-corrected chi connectivity index (χ2v) is 4.63. The molecule has 1 saturated carbocycles. The van der Waals surface area contributed by atoms with Gasteiger partial charge in [-0.1, -0.05) is 12.8 Å². The van der Waals surface area contributed by atoms with Crippen molar-refractivity contribution in [3.63, 3.8) is 0 Å². The smallest absolute Gasteiger partial charge is 0.320 e. The molecule has 1 saturated heterocycles. The monoisotopic (exact) mass is 183 g/mol. The second-order valence-electron chi connectivity index (χ2n) is 4.63. The van der Waals surface area contributed by atoms with Crippen LogP contribution < -0.4 is 0 Å². The lowest BCUT2D eigenvalue weighted by Crippen LogP contribution is -2.59.